The molecule has 1 aliphatic carbocycles. The first-order valence-electron chi connectivity index (χ1n) is 5.50. The number of thiophene rings is 1. The molecular formula is C11H13Br2NO2S. The highest BCUT2D eigenvalue weighted by Gasteiger charge is 2.29. The van der Waals surface area contributed by atoms with E-state index in [4.69, 9.17) is 5.11 Å². The Morgan fingerprint density at radius 2 is 2.24 bits per heavy atom. The molecule has 0 aliphatic heterocycles. The van der Waals surface area contributed by atoms with E-state index in [1.165, 1.54) is 17.8 Å². The second-order valence-corrected chi connectivity index (χ2v) is 7.26. The Kier molecular flexibility index (Phi) is 4.63. The monoisotopic (exact) mass is 381 g/mol. The summed E-state index contributed by atoms with van der Waals surface area (Å²) in [6, 6.07) is 2.15. The van der Waals surface area contributed by atoms with E-state index in [0.717, 1.165) is 21.1 Å². The van der Waals surface area contributed by atoms with E-state index in [1.807, 2.05) is 6.07 Å². The van der Waals surface area contributed by atoms with Gasteiger partial charge in [-0.1, -0.05) is 0 Å². The zero-order chi connectivity index (χ0) is 12.4. The zero-order valence-corrected chi connectivity index (χ0v) is 13.1. The van der Waals surface area contributed by atoms with Crippen LogP contribution in [0.1, 0.15) is 28.9 Å². The summed E-state index contributed by atoms with van der Waals surface area (Å²) in [5, 5.41) is 9.05. The number of rotatable bonds is 4. The molecule has 1 aromatic heterocycles. The Balaban J connectivity index is 2.14. The predicted molar refractivity (Wildman–Crippen MR) is 75.5 cm³/mol. The number of aliphatic hydroxyl groups excluding tert-OH is 1. The lowest BCUT2D eigenvalue weighted by atomic mass is 9.91. The van der Waals surface area contributed by atoms with Gasteiger partial charge < -0.3 is 10.0 Å². The fourth-order valence-electron chi connectivity index (χ4n) is 1.85. The van der Waals surface area contributed by atoms with Crippen molar-refractivity contribution in [3.63, 3.8) is 0 Å². The maximum Gasteiger partial charge on any atom is 0.264 e. The van der Waals surface area contributed by atoms with Crippen molar-refractivity contribution in [2.45, 2.75) is 25.3 Å². The first-order chi connectivity index (χ1) is 8.13. The molecule has 1 saturated carbocycles. The minimum atomic E-state index is 0.0238. The van der Waals surface area contributed by atoms with Crippen molar-refractivity contribution in [1.82, 2.24) is 4.90 Å². The van der Waals surface area contributed by atoms with Crippen molar-refractivity contribution >= 4 is 49.1 Å². The molecule has 3 nitrogen and oxygen atoms in total. The van der Waals surface area contributed by atoms with Crippen LogP contribution < -0.4 is 0 Å². The van der Waals surface area contributed by atoms with Crippen LogP contribution in [-0.2, 0) is 0 Å². The highest BCUT2D eigenvalue weighted by molar-refractivity contribution is 9.13. The van der Waals surface area contributed by atoms with Crippen molar-refractivity contribution in [1.29, 1.82) is 0 Å². The summed E-state index contributed by atoms with van der Waals surface area (Å²) in [6.45, 7) is 0.451. The van der Waals surface area contributed by atoms with E-state index in [2.05, 4.69) is 31.9 Å². The van der Waals surface area contributed by atoms with Gasteiger partial charge in [0.25, 0.3) is 5.91 Å². The molecule has 17 heavy (non-hydrogen) atoms. The number of halogens is 2. The molecule has 1 amide bonds. The average Bonchev–Trinajstić information content (AvgIpc) is 2.55. The van der Waals surface area contributed by atoms with Crippen LogP contribution in [0.2, 0.25) is 0 Å². The third-order valence-electron chi connectivity index (χ3n) is 2.97. The van der Waals surface area contributed by atoms with Gasteiger partial charge in [-0.05, 0) is 57.2 Å². The van der Waals surface area contributed by atoms with E-state index in [9.17, 15) is 4.79 Å². The van der Waals surface area contributed by atoms with Crippen LogP contribution in [0, 0.1) is 0 Å². The molecular weight excluding hydrogens is 370 g/mol. The van der Waals surface area contributed by atoms with Crippen molar-refractivity contribution in [2.24, 2.45) is 0 Å². The standard InChI is InChI=1S/C11H13Br2NO2S/c12-8-6-9(17-10(8)13)11(16)14(4-5-15)7-2-1-3-7/h6-7,15H,1-5H2. The Morgan fingerprint density at radius 3 is 2.65 bits per heavy atom. The van der Waals surface area contributed by atoms with Crippen LogP contribution in [0.5, 0.6) is 0 Å². The van der Waals surface area contributed by atoms with E-state index in [1.54, 1.807) is 4.90 Å². The number of amides is 1. The van der Waals surface area contributed by atoms with Gasteiger partial charge in [0, 0.05) is 17.1 Å². The molecule has 6 heteroatoms. The maximum absolute atomic E-state index is 12.3. The van der Waals surface area contributed by atoms with Crippen LogP contribution in [0.3, 0.4) is 0 Å². The second kappa shape index (κ2) is 5.82. The molecule has 1 aromatic rings. The summed E-state index contributed by atoms with van der Waals surface area (Å²) < 4.78 is 1.84. The Bertz CT molecular complexity index is 398. The number of hydrogen-bond acceptors (Lipinski definition) is 3. The van der Waals surface area contributed by atoms with Gasteiger partial charge in [-0.2, -0.15) is 0 Å². The lowest BCUT2D eigenvalue weighted by Crippen LogP contribution is -2.45. The summed E-state index contributed by atoms with van der Waals surface area (Å²) in [5.41, 5.74) is 0. The summed E-state index contributed by atoms with van der Waals surface area (Å²) in [7, 11) is 0. The second-order valence-electron chi connectivity index (χ2n) is 4.04. The highest BCUT2D eigenvalue weighted by atomic mass is 79.9. The summed E-state index contributed by atoms with van der Waals surface area (Å²) in [4.78, 5) is 14.8. The minimum Gasteiger partial charge on any atom is -0.395 e. The largest absolute Gasteiger partial charge is 0.395 e. The minimum absolute atomic E-state index is 0.0238. The number of aliphatic hydroxyl groups is 1. The van der Waals surface area contributed by atoms with Crippen LogP contribution in [0.15, 0.2) is 14.3 Å². The Hall–Kier alpha value is 0.0900. The Labute approximate surface area is 121 Å². The molecule has 1 fully saturated rings. The molecule has 0 aromatic carbocycles. The average molecular weight is 383 g/mol. The molecule has 0 saturated heterocycles. The van der Waals surface area contributed by atoms with E-state index in [0.29, 0.717) is 17.5 Å². The first kappa shape index (κ1) is 13.5. The zero-order valence-electron chi connectivity index (χ0n) is 9.16. The third-order valence-corrected chi connectivity index (χ3v) is 6.22. The fourth-order valence-corrected chi connectivity index (χ4v) is 3.84. The lowest BCUT2D eigenvalue weighted by molar-refractivity contribution is 0.0530. The molecule has 0 radical (unpaired) electrons. The number of carbonyl (C=O) groups excluding carboxylic acids is 1. The van der Waals surface area contributed by atoms with Gasteiger partial charge in [0.05, 0.1) is 15.3 Å². The molecule has 94 valence electrons. The van der Waals surface area contributed by atoms with E-state index in [-0.39, 0.29) is 12.5 Å². The maximum atomic E-state index is 12.3. The van der Waals surface area contributed by atoms with Crippen molar-refractivity contribution < 1.29 is 9.90 Å². The van der Waals surface area contributed by atoms with Crippen molar-refractivity contribution in [2.75, 3.05) is 13.2 Å². The van der Waals surface area contributed by atoms with Crippen LogP contribution >= 0.6 is 43.2 Å². The quantitative estimate of drug-likeness (QED) is 0.868. The van der Waals surface area contributed by atoms with E-state index < -0.39 is 0 Å². The molecule has 1 aliphatic rings. The van der Waals surface area contributed by atoms with Gasteiger partial charge in [-0.3, -0.25) is 4.79 Å². The van der Waals surface area contributed by atoms with Crippen LogP contribution in [-0.4, -0.2) is 35.1 Å². The first-order valence-corrected chi connectivity index (χ1v) is 7.90. The highest BCUT2D eigenvalue weighted by Crippen LogP contribution is 2.34. The van der Waals surface area contributed by atoms with Gasteiger partial charge in [0.15, 0.2) is 0 Å². The summed E-state index contributed by atoms with van der Waals surface area (Å²) in [6.07, 6.45) is 3.29. The molecule has 1 N–H and O–H groups in total. The van der Waals surface area contributed by atoms with Crippen molar-refractivity contribution in [3.8, 4) is 0 Å². The van der Waals surface area contributed by atoms with Gasteiger partial charge in [-0.15, -0.1) is 11.3 Å². The fraction of sp³-hybridized carbons (Fsp3) is 0.545. The predicted octanol–water partition coefficient (Wildman–Crippen LogP) is 3.26. The van der Waals surface area contributed by atoms with Crippen molar-refractivity contribution in [3.05, 3.63) is 19.2 Å². The molecule has 0 unspecified atom stereocenters. The van der Waals surface area contributed by atoms with Gasteiger partial charge in [-0.25, -0.2) is 0 Å². The molecule has 0 atom stereocenters. The third kappa shape index (κ3) is 2.92. The number of nitrogens with zero attached hydrogens (tertiary/aromatic N) is 1. The molecule has 2 rings (SSSR count). The molecule has 0 bridgehead atoms. The van der Waals surface area contributed by atoms with Gasteiger partial charge in [0.2, 0.25) is 0 Å². The van der Waals surface area contributed by atoms with Crippen LogP contribution in [0.25, 0.3) is 0 Å². The number of hydrogen-bond donors (Lipinski definition) is 1. The molecule has 1 heterocycles. The number of carbonyl (C=O) groups is 1. The lowest BCUT2D eigenvalue weighted by Gasteiger charge is -2.37. The normalized spacial score (nSPS) is 15.7. The van der Waals surface area contributed by atoms with E-state index >= 15 is 0 Å². The van der Waals surface area contributed by atoms with Gasteiger partial charge in [0.1, 0.15) is 0 Å². The SMILES string of the molecule is O=C(c1cc(Br)c(Br)s1)N(CCO)C1CCC1. The van der Waals surface area contributed by atoms with Gasteiger partial charge >= 0.3 is 0 Å². The Morgan fingerprint density at radius 1 is 1.53 bits per heavy atom. The smallest absolute Gasteiger partial charge is 0.264 e. The molecule has 0 spiro atoms. The summed E-state index contributed by atoms with van der Waals surface area (Å²) in [5.74, 6) is 0.0279. The van der Waals surface area contributed by atoms with Crippen LogP contribution in [0.4, 0.5) is 0 Å². The topological polar surface area (TPSA) is 40.5 Å². The summed E-state index contributed by atoms with van der Waals surface area (Å²) >= 11 is 8.20.